The van der Waals surface area contributed by atoms with Crippen molar-refractivity contribution in [1.29, 1.82) is 0 Å². The van der Waals surface area contributed by atoms with Crippen LogP contribution in [0.5, 0.6) is 0 Å². The van der Waals surface area contributed by atoms with E-state index < -0.39 is 28.4 Å². The number of aliphatic hydroxyl groups excluding tert-OH is 1. The van der Waals surface area contributed by atoms with Crippen LogP contribution in [0.2, 0.25) is 0 Å². The van der Waals surface area contributed by atoms with Gasteiger partial charge in [0.25, 0.3) is 0 Å². The van der Waals surface area contributed by atoms with Gasteiger partial charge in [-0.15, -0.1) is 0 Å². The van der Waals surface area contributed by atoms with Crippen molar-refractivity contribution in [2.24, 2.45) is 0 Å². The molecule has 10 heteroatoms. The summed E-state index contributed by atoms with van der Waals surface area (Å²) in [4.78, 5) is 21.0. The molecule has 0 bridgehead atoms. The summed E-state index contributed by atoms with van der Waals surface area (Å²) in [6.45, 7) is 1.18. The average molecular weight is 270 g/mol. The quantitative estimate of drug-likeness (QED) is 0.436. The number of aliphatic hydroxyl groups is 1. The molecule has 0 fully saturated rings. The molecule has 9 nitrogen and oxygen atoms in total. The van der Waals surface area contributed by atoms with E-state index >= 15 is 0 Å². The normalized spacial score (nSPS) is 12.8. The van der Waals surface area contributed by atoms with Crippen molar-refractivity contribution in [3.05, 3.63) is 0 Å². The van der Waals surface area contributed by atoms with E-state index in [0.717, 1.165) is 0 Å². The zero-order valence-corrected chi connectivity index (χ0v) is 9.86. The van der Waals surface area contributed by atoms with Crippen LogP contribution in [-0.4, -0.2) is 49.9 Å². The summed E-state index contributed by atoms with van der Waals surface area (Å²) < 4.78 is 30.0. The molecule has 0 radical (unpaired) electrons. The summed E-state index contributed by atoms with van der Waals surface area (Å²) in [7, 11) is -4.10. The molecule has 0 aliphatic carbocycles. The molecular weight excluding hydrogens is 256 g/mol. The number of rotatable bonds is 7. The molecule has 0 saturated heterocycles. The van der Waals surface area contributed by atoms with Crippen LogP contribution in [0, 0.1) is 0 Å². The average Bonchev–Trinajstić information content (AvgIpc) is 2.16. The summed E-state index contributed by atoms with van der Waals surface area (Å²) in [6, 6.07) is 0. The Bertz CT molecular complexity index is 366. The fraction of sp³-hybridized carbons (Fsp3) is 0.714. The van der Waals surface area contributed by atoms with Crippen molar-refractivity contribution in [2.45, 2.75) is 19.4 Å². The van der Waals surface area contributed by atoms with Gasteiger partial charge in [-0.2, -0.15) is 13.1 Å². The van der Waals surface area contributed by atoms with E-state index in [0.29, 0.717) is 0 Å². The molecule has 0 aliphatic rings. The third-order valence-electron chi connectivity index (χ3n) is 1.49. The number of carbonyl (C=O) groups is 2. The standard InChI is InChI=1S/C7H14N2O7S/c1-2-16-7(13)9-17(14,15)8-4-3-5(10)6(11)12/h5,8,10H,2-4H2,1H3,(H,9,13)(H,11,12)/t5-/m0/s1. The molecule has 1 amide bonds. The maximum Gasteiger partial charge on any atom is 0.421 e. The number of hydrogen-bond donors (Lipinski definition) is 4. The summed E-state index contributed by atoms with van der Waals surface area (Å²) in [5.41, 5.74) is 0. The van der Waals surface area contributed by atoms with Crippen LogP contribution in [0.25, 0.3) is 0 Å². The van der Waals surface area contributed by atoms with Gasteiger partial charge in [-0.05, 0) is 13.3 Å². The number of hydrogen-bond acceptors (Lipinski definition) is 6. The lowest BCUT2D eigenvalue weighted by atomic mass is 10.3. The number of nitrogens with one attached hydrogen (secondary N) is 2. The van der Waals surface area contributed by atoms with Gasteiger partial charge in [0.2, 0.25) is 0 Å². The van der Waals surface area contributed by atoms with E-state index in [1.807, 2.05) is 4.72 Å². The Hall–Kier alpha value is -1.39. The first-order chi connectivity index (χ1) is 7.78. The van der Waals surface area contributed by atoms with Gasteiger partial charge in [0.1, 0.15) is 0 Å². The molecule has 0 aliphatic heterocycles. The largest absolute Gasteiger partial charge is 0.479 e. The van der Waals surface area contributed by atoms with Gasteiger partial charge in [0.15, 0.2) is 6.10 Å². The Morgan fingerprint density at radius 3 is 2.47 bits per heavy atom. The van der Waals surface area contributed by atoms with Crippen molar-refractivity contribution < 1.29 is 33.0 Å². The Balaban J connectivity index is 4.02. The minimum atomic E-state index is -4.10. The number of ether oxygens (including phenoxy) is 1. The van der Waals surface area contributed by atoms with Crippen LogP contribution in [0.4, 0.5) is 4.79 Å². The van der Waals surface area contributed by atoms with Crippen LogP contribution in [0.3, 0.4) is 0 Å². The summed E-state index contributed by atoms with van der Waals surface area (Å²) in [6.07, 6.45) is -3.13. The predicted octanol–water partition coefficient (Wildman–Crippen LogP) is -1.60. The highest BCUT2D eigenvalue weighted by Gasteiger charge is 2.17. The molecule has 0 aromatic rings. The van der Waals surface area contributed by atoms with Gasteiger partial charge in [-0.1, -0.05) is 0 Å². The van der Waals surface area contributed by atoms with E-state index in [1.165, 1.54) is 11.6 Å². The Labute approximate surface area is 97.9 Å². The van der Waals surface area contributed by atoms with Crippen LogP contribution in [-0.2, 0) is 19.7 Å². The molecule has 0 aromatic carbocycles. The summed E-state index contributed by atoms with van der Waals surface area (Å²) in [5.74, 6) is -1.46. The van der Waals surface area contributed by atoms with Crippen LogP contribution in [0.15, 0.2) is 0 Å². The molecule has 4 N–H and O–H groups in total. The summed E-state index contributed by atoms with van der Waals surface area (Å²) >= 11 is 0. The molecule has 0 aromatic heterocycles. The molecule has 0 heterocycles. The lowest BCUT2D eigenvalue weighted by Gasteiger charge is -2.09. The smallest absolute Gasteiger partial charge is 0.421 e. The number of aliphatic carboxylic acids is 1. The highest BCUT2D eigenvalue weighted by atomic mass is 32.2. The fourth-order valence-corrected chi connectivity index (χ4v) is 1.50. The molecule has 1 atom stereocenters. The monoisotopic (exact) mass is 270 g/mol. The van der Waals surface area contributed by atoms with Crippen molar-refractivity contribution in [1.82, 2.24) is 9.44 Å². The van der Waals surface area contributed by atoms with Crippen LogP contribution < -0.4 is 9.44 Å². The second kappa shape index (κ2) is 7.04. The second-order valence-electron chi connectivity index (χ2n) is 2.86. The molecule has 0 unspecified atom stereocenters. The number of amides is 1. The lowest BCUT2D eigenvalue weighted by Crippen LogP contribution is -2.41. The van der Waals surface area contributed by atoms with Gasteiger partial charge >= 0.3 is 22.3 Å². The van der Waals surface area contributed by atoms with E-state index in [9.17, 15) is 18.0 Å². The highest BCUT2D eigenvalue weighted by molar-refractivity contribution is 7.88. The first-order valence-electron chi connectivity index (χ1n) is 4.63. The first kappa shape index (κ1) is 15.6. The van der Waals surface area contributed by atoms with Crippen LogP contribution >= 0.6 is 0 Å². The van der Waals surface area contributed by atoms with Crippen molar-refractivity contribution >= 4 is 22.3 Å². The summed E-state index contributed by atoms with van der Waals surface area (Å²) in [5, 5.41) is 17.2. The van der Waals surface area contributed by atoms with Crippen molar-refractivity contribution in [3.8, 4) is 0 Å². The third-order valence-corrected chi connectivity index (χ3v) is 2.51. The number of carbonyl (C=O) groups excluding carboxylic acids is 1. The number of carboxylic acid groups (broad SMARTS) is 1. The van der Waals surface area contributed by atoms with Gasteiger partial charge in [0.05, 0.1) is 6.61 Å². The molecule has 17 heavy (non-hydrogen) atoms. The Kier molecular flexibility index (Phi) is 6.46. The van der Waals surface area contributed by atoms with Crippen molar-refractivity contribution in [3.63, 3.8) is 0 Å². The molecule has 0 spiro atoms. The van der Waals surface area contributed by atoms with Gasteiger partial charge < -0.3 is 14.9 Å². The first-order valence-corrected chi connectivity index (χ1v) is 6.12. The predicted molar refractivity (Wildman–Crippen MR) is 55.3 cm³/mol. The van der Waals surface area contributed by atoms with Crippen molar-refractivity contribution in [2.75, 3.05) is 13.2 Å². The highest BCUT2D eigenvalue weighted by Crippen LogP contribution is 1.91. The Morgan fingerprint density at radius 1 is 1.41 bits per heavy atom. The topological polar surface area (TPSA) is 142 Å². The Morgan fingerprint density at radius 2 is 2.00 bits per heavy atom. The maximum absolute atomic E-state index is 11.1. The van der Waals surface area contributed by atoms with E-state index in [1.54, 1.807) is 0 Å². The maximum atomic E-state index is 11.1. The molecular formula is C7H14N2O7S. The molecule has 100 valence electrons. The van der Waals surface area contributed by atoms with Gasteiger partial charge in [-0.3, -0.25) is 0 Å². The lowest BCUT2D eigenvalue weighted by molar-refractivity contribution is -0.146. The van der Waals surface area contributed by atoms with Crippen LogP contribution in [0.1, 0.15) is 13.3 Å². The minimum absolute atomic E-state index is 0.0130. The zero-order valence-electron chi connectivity index (χ0n) is 9.04. The van der Waals surface area contributed by atoms with E-state index in [-0.39, 0.29) is 19.6 Å². The molecule has 0 saturated carbocycles. The SMILES string of the molecule is CCOC(=O)NS(=O)(=O)NCC[C@H](O)C(=O)O. The van der Waals surface area contributed by atoms with Gasteiger partial charge in [0, 0.05) is 6.54 Å². The minimum Gasteiger partial charge on any atom is -0.479 e. The third kappa shape index (κ3) is 7.49. The van der Waals surface area contributed by atoms with E-state index in [4.69, 9.17) is 10.2 Å². The van der Waals surface area contributed by atoms with E-state index in [2.05, 4.69) is 4.74 Å². The molecule has 0 rings (SSSR count). The second-order valence-corrected chi connectivity index (χ2v) is 4.36. The zero-order chi connectivity index (χ0) is 13.5. The number of carboxylic acids is 1. The van der Waals surface area contributed by atoms with Gasteiger partial charge in [-0.25, -0.2) is 14.3 Å². The fourth-order valence-electron chi connectivity index (χ4n) is 0.760.